The third kappa shape index (κ3) is 4.72. The molecule has 35 heavy (non-hydrogen) atoms. The van der Waals surface area contributed by atoms with Crippen LogP contribution in [0.1, 0.15) is 28.4 Å². The van der Waals surface area contributed by atoms with Gasteiger partial charge in [-0.15, -0.1) is 0 Å². The molecule has 2 amide bonds. The van der Waals surface area contributed by atoms with Crippen LogP contribution < -0.4 is 4.90 Å². The van der Waals surface area contributed by atoms with Crippen LogP contribution in [0.2, 0.25) is 0 Å². The summed E-state index contributed by atoms with van der Waals surface area (Å²) in [6.07, 6.45) is 5.10. The Hall–Kier alpha value is -3.86. The summed E-state index contributed by atoms with van der Waals surface area (Å²) in [5.74, 6) is -0.893. The van der Waals surface area contributed by atoms with Gasteiger partial charge in [0.05, 0.1) is 23.0 Å². The summed E-state index contributed by atoms with van der Waals surface area (Å²) in [7, 11) is 0. The van der Waals surface area contributed by atoms with E-state index in [1.165, 1.54) is 23.3 Å². The first kappa shape index (κ1) is 22.9. The molecule has 0 spiro atoms. The number of halogens is 3. The van der Waals surface area contributed by atoms with Gasteiger partial charge < -0.3 is 14.8 Å². The minimum absolute atomic E-state index is 0.326. The number of carbonyl (C=O) groups is 2. The number of hydrogen-bond acceptors (Lipinski definition) is 6. The second kappa shape index (κ2) is 9.41. The molecule has 1 atom stereocenters. The second-order valence-electron chi connectivity index (χ2n) is 8.17. The van der Waals surface area contributed by atoms with Gasteiger partial charge in [-0.2, -0.15) is 5.10 Å². The Labute approximate surface area is 204 Å². The lowest BCUT2D eigenvalue weighted by Crippen LogP contribution is -2.52. The number of urea groups is 1. The summed E-state index contributed by atoms with van der Waals surface area (Å²) in [6.45, 7) is 1.77. The molecule has 1 aromatic carbocycles. The molecule has 0 saturated carbocycles. The van der Waals surface area contributed by atoms with Crippen LogP contribution in [0.15, 0.2) is 47.8 Å². The summed E-state index contributed by atoms with van der Waals surface area (Å²) < 4.78 is 27.4. The fourth-order valence-corrected chi connectivity index (χ4v) is 4.30. The Morgan fingerprint density at radius 2 is 1.80 bits per heavy atom. The highest BCUT2D eigenvalue weighted by Gasteiger charge is 2.34. The Morgan fingerprint density at radius 3 is 2.49 bits per heavy atom. The SMILES string of the molecule is O=C(Cl)c1c[nH]c(-c2ccnc(N3CCN(C(=O)N4N=CC[C@H]4c4cc(F)cc(F)c4)CC3)n2)c1. The number of hydrogen-bond donors (Lipinski definition) is 1. The van der Waals surface area contributed by atoms with Gasteiger partial charge in [0, 0.05) is 57.3 Å². The summed E-state index contributed by atoms with van der Waals surface area (Å²) >= 11 is 5.52. The maximum Gasteiger partial charge on any atom is 0.341 e. The molecule has 2 aromatic heterocycles. The van der Waals surface area contributed by atoms with Crippen molar-refractivity contribution in [2.45, 2.75) is 12.5 Å². The van der Waals surface area contributed by atoms with E-state index in [-0.39, 0.29) is 6.03 Å². The number of piperazine rings is 1. The number of hydrazone groups is 1. The van der Waals surface area contributed by atoms with Crippen molar-refractivity contribution >= 4 is 35.0 Å². The minimum Gasteiger partial charge on any atom is -0.359 e. The van der Waals surface area contributed by atoms with Crippen molar-refractivity contribution in [1.82, 2.24) is 24.9 Å². The Balaban J connectivity index is 1.25. The Kier molecular flexibility index (Phi) is 6.16. The third-order valence-electron chi connectivity index (χ3n) is 5.96. The van der Waals surface area contributed by atoms with E-state index in [4.69, 9.17) is 11.6 Å². The van der Waals surface area contributed by atoms with Crippen molar-refractivity contribution in [3.63, 3.8) is 0 Å². The molecule has 4 heterocycles. The molecule has 2 aliphatic heterocycles. The normalized spacial score (nSPS) is 17.8. The van der Waals surface area contributed by atoms with E-state index in [0.717, 1.165) is 6.07 Å². The molecule has 2 aliphatic rings. The standard InChI is InChI=1S/C23H20ClF2N7O2/c24-21(34)15-11-19(28-13-15)18-1-3-27-22(30-18)31-5-7-32(8-6-31)23(35)33-20(2-4-29-33)14-9-16(25)12-17(26)10-14/h1,3-4,9-13,20,28H,2,5-8H2/t20-/m0/s1. The molecule has 9 nitrogen and oxygen atoms in total. The van der Waals surface area contributed by atoms with Crippen molar-refractivity contribution in [3.8, 4) is 11.4 Å². The zero-order valence-corrected chi connectivity index (χ0v) is 19.1. The molecule has 1 saturated heterocycles. The number of benzene rings is 1. The van der Waals surface area contributed by atoms with E-state index in [1.54, 1.807) is 29.4 Å². The van der Waals surface area contributed by atoms with E-state index in [9.17, 15) is 18.4 Å². The maximum atomic E-state index is 13.7. The topological polar surface area (TPSA) is 97.8 Å². The molecule has 5 rings (SSSR count). The number of amides is 2. The van der Waals surface area contributed by atoms with Gasteiger partial charge in [0.1, 0.15) is 11.6 Å². The van der Waals surface area contributed by atoms with Gasteiger partial charge in [-0.1, -0.05) is 0 Å². The lowest BCUT2D eigenvalue weighted by Gasteiger charge is -2.37. The number of anilines is 1. The molecule has 0 aliphatic carbocycles. The first-order valence-corrected chi connectivity index (χ1v) is 11.3. The highest BCUT2D eigenvalue weighted by Crippen LogP contribution is 2.30. The van der Waals surface area contributed by atoms with E-state index >= 15 is 0 Å². The van der Waals surface area contributed by atoms with Gasteiger partial charge in [-0.05, 0) is 41.4 Å². The average molecular weight is 500 g/mol. The van der Waals surface area contributed by atoms with Crippen LogP contribution in [0.4, 0.5) is 19.5 Å². The monoisotopic (exact) mass is 499 g/mol. The van der Waals surface area contributed by atoms with Gasteiger partial charge in [0.2, 0.25) is 5.95 Å². The minimum atomic E-state index is -0.694. The number of aromatic amines is 1. The predicted molar refractivity (Wildman–Crippen MR) is 125 cm³/mol. The van der Waals surface area contributed by atoms with Gasteiger partial charge in [0.25, 0.3) is 5.24 Å². The molecule has 12 heteroatoms. The van der Waals surface area contributed by atoms with Gasteiger partial charge in [-0.3, -0.25) is 4.79 Å². The van der Waals surface area contributed by atoms with Crippen LogP contribution >= 0.6 is 11.6 Å². The van der Waals surface area contributed by atoms with Gasteiger partial charge in [0.15, 0.2) is 0 Å². The van der Waals surface area contributed by atoms with E-state index in [2.05, 4.69) is 20.1 Å². The summed E-state index contributed by atoms with van der Waals surface area (Å²) in [6, 6.07) is 5.70. The fraction of sp³-hybridized carbons (Fsp3) is 0.261. The van der Waals surface area contributed by atoms with Crippen LogP contribution in [0.25, 0.3) is 11.4 Å². The Morgan fingerprint density at radius 1 is 1.06 bits per heavy atom. The molecule has 0 unspecified atom stereocenters. The lowest BCUT2D eigenvalue weighted by molar-refractivity contribution is 0.108. The third-order valence-corrected chi connectivity index (χ3v) is 6.18. The number of H-pyrrole nitrogens is 1. The first-order chi connectivity index (χ1) is 16.9. The molecule has 1 N–H and O–H groups in total. The van der Waals surface area contributed by atoms with Crippen molar-refractivity contribution in [2.75, 3.05) is 31.1 Å². The van der Waals surface area contributed by atoms with Crippen molar-refractivity contribution in [1.29, 1.82) is 0 Å². The van der Waals surface area contributed by atoms with Crippen LogP contribution in [-0.2, 0) is 0 Å². The number of nitrogens with one attached hydrogen (secondary N) is 1. The van der Waals surface area contributed by atoms with E-state index < -0.39 is 22.9 Å². The second-order valence-corrected chi connectivity index (χ2v) is 8.51. The Bertz CT molecular complexity index is 1290. The molecular formula is C23H20ClF2N7O2. The first-order valence-electron chi connectivity index (χ1n) is 10.9. The molecule has 0 bridgehead atoms. The predicted octanol–water partition coefficient (Wildman–Crippen LogP) is 3.80. The fourth-order valence-electron chi connectivity index (χ4n) is 4.19. The van der Waals surface area contributed by atoms with Gasteiger partial charge in [-0.25, -0.2) is 28.6 Å². The van der Waals surface area contributed by atoms with Crippen molar-refractivity contribution < 1.29 is 18.4 Å². The summed E-state index contributed by atoms with van der Waals surface area (Å²) in [5.41, 5.74) is 1.95. The van der Waals surface area contributed by atoms with Crippen molar-refractivity contribution in [2.24, 2.45) is 5.10 Å². The number of carbonyl (C=O) groups excluding carboxylic acids is 2. The number of rotatable bonds is 4. The van der Waals surface area contributed by atoms with Crippen LogP contribution in [-0.4, -0.2) is 68.5 Å². The van der Waals surface area contributed by atoms with Crippen LogP contribution in [0, 0.1) is 11.6 Å². The summed E-state index contributed by atoms with van der Waals surface area (Å²) in [4.78, 5) is 40.0. The lowest BCUT2D eigenvalue weighted by atomic mass is 10.0. The zero-order chi connectivity index (χ0) is 24.5. The highest BCUT2D eigenvalue weighted by atomic mass is 35.5. The van der Waals surface area contributed by atoms with E-state index in [1.807, 2.05) is 4.90 Å². The average Bonchev–Trinajstić information content (AvgIpc) is 3.54. The summed E-state index contributed by atoms with van der Waals surface area (Å²) in [5, 5.41) is 4.88. The smallest absolute Gasteiger partial charge is 0.341 e. The number of aromatic nitrogens is 3. The molecule has 3 aromatic rings. The number of nitrogens with zero attached hydrogens (tertiary/aromatic N) is 6. The van der Waals surface area contributed by atoms with Crippen LogP contribution in [0.5, 0.6) is 0 Å². The molecule has 1 fully saturated rings. The van der Waals surface area contributed by atoms with Gasteiger partial charge >= 0.3 is 6.03 Å². The quantitative estimate of drug-likeness (QED) is 0.551. The molecule has 0 radical (unpaired) electrons. The molecule has 180 valence electrons. The molecular weight excluding hydrogens is 480 g/mol. The van der Waals surface area contributed by atoms with Crippen LogP contribution in [0.3, 0.4) is 0 Å². The zero-order valence-electron chi connectivity index (χ0n) is 18.4. The largest absolute Gasteiger partial charge is 0.359 e. The van der Waals surface area contributed by atoms with Crippen molar-refractivity contribution in [3.05, 3.63) is 65.5 Å². The highest BCUT2D eigenvalue weighted by molar-refractivity contribution is 6.67. The maximum absolute atomic E-state index is 13.7. The van der Waals surface area contributed by atoms with E-state index in [0.29, 0.717) is 61.1 Å².